The Kier molecular flexibility index (Phi) is 15.3. The first-order valence-corrected chi connectivity index (χ1v) is 11.6. The molecule has 0 saturated heterocycles. The van der Waals surface area contributed by atoms with Crippen molar-refractivity contribution >= 4 is 23.5 Å². The molecule has 0 aromatic carbocycles. The molecule has 1 atom stereocenters. The van der Waals surface area contributed by atoms with E-state index < -0.39 is 28.9 Å². The van der Waals surface area contributed by atoms with Gasteiger partial charge >= 0.3 is 11.9 Å². The van der Waals surface area contributed by atoms with Crippen LogP contribution in [0.5, 0.6) is 0 Å². The molecule has 1 unspecified atom stereocenters. The molecule has 1 N–H and O–H groups in total. The van der Waals surface area contributed by atoms with Crippen LogP contribution in [0.15, 0.2) is 0 Å². The Hall–Kier alpha value is -1.56. The van der Waals surface area contributed by atoms with E-state index in [0.717, 1.165) is 64.7 Å². The number of Topliss-reactive ketones (excluding diaryl/α,β-unsaturated/α-hetero) is 2. The van der Waals surface area contributed by atoms with Crippen LogP contribution in [-0.2, 0) is 23.9 Å². The zero-order valence-corrected chi connectivity index (χ0v) is 19.5. The van der Waals surface area contributed by atoms with Crippen LogP contribution in [0.1, 0.15) is 118 Å². The van der Waals surface area contributed by atoms with E-state index in [1.54, 1.807) is 0 Å². The van der Waals surface area contributed by atoms with Gasteiger partial charge < -0.3 is 9.84 Å². The Morgan fingerprint density at radius 1 is 0.733 bits per heavy atom. The molecule has 0 heterocycles. The summed E-state index contributed by atoms with van der Waals surface area (Å²) < 4.78 is 4.58. The van der Waals surface area contributed by atoms with Crippen molar-refractivity contribution in [2.75, 3.05) is 0 Å². The summed E-state index contributed by atoms with van der Waals surface area (Å²) in [5, 5.41) is 9.97. The number of carbonyl (C=O) groups excluding carboxylic acids is 4. The van der Waals surface area contributed by atoms with Gasteiger partial charge in [0.05, 0.1) is 6.10 Å². The van der Waals surface area contributed by atoms with Gasteiger partial charge in [0.15, 0.2) is 17.0 Å². The predicted molar refractivity (Wildman–Crippen MR) is 117 cm³/mol. The first kappa shape index (κ1) is 28.4. The van der Waals surface area contributed by atoms with Gasteiger partial charge in [-0.3, -0.25) is 14.4 Å². The van der Waals surface area contributed by atoms with Crippen LogP contribution in [0.2, 0.25) is 0 Å². The highest BCUT2D eigenvalue weighted by Gasteiger charge is 2.49. The molecule has 6 heteroatoms. The fraction of sp³-hybridized carbons (Fsp3) is 0.833. The largest absolute Gasteiger partial charge is 0.393 e. The SMILES string of the molecule is CCCCCCC(O)CCCCCCCCCC(C(C)=O)(C(C)=O)C(=O)OC(C)=O. The molecule has 0 aromatic rings. The molecular formula is C24H42O6. The lowest BCUT2D eigenvalue weighted by Crippen LogP contribution is -2.46. The smallest absolute Gasteiger partial charge is 0.334 e. The highest BCUT2D eigenvalue weighted by molar-refractivity contribution is 6.22. The fourth-order valence-corrected chi connectivity index (χ4v) is 3.81. The van der Waals surface area contributed by atoms with E-state index in [-0.39, 0.29) is 12.5 Å². The first-order valence-electron chi connectivity index (χ1n) is 11.6. The minimum atomic E-state index is -1.86. The summed E-state index contributed by atoms with van der Waals surface area (Å²) in [5.74, 6) is -3.02. The summed E-state index contributed by atoms with van der Waals surface area (Å²) >= 11 is 0. The van der Waals surface area contributed by atoms with Crippen LogP contribution in [0.25, 0.3) is 0 Å². The van der Waals surface area contributed by atoms with Crippen molar-refractivity contribution in [3.8, 4) is 0 Å². The first-order chi connectivity index (χ1) is 14.2. The summed E-state index contributed by atoms with van der Waals surface area (Å²) in [6.07, 6.45) is 13.0. The third kappa shape index (κ3) is 11.0. The van der Waals surface area contributed by atoms with Gasteiger partial charge in [0, 0.05) is 6.92 Å². The molecule has 0 bridgehead atoms. The second-order valence-electron chi connectivity index (χ2n) is 8.42. The number of unbranched alkanes of at least 4 members (excludes halogenated alkanes) is 9. The summed E-state index contributed by atoms with van der Waals surface area (Å²) in [5.41, 5.74) is -1.86. The minimum absolute atomic E-state index is 0.0774. The molecule has 6 nitrogen and oxygen atoms in total. The molecule has 174 valence electrons. The molecule has 0 aliphatic heterocycles. The average molecular weight is 427 g/mol. The Labute approximate surface area is 182 Å². The van der Waals surface area contributed by atoms with Gasteiger partial charge in [-0.1, -0.05) is 77.6 Å². The van der Waals surface area contributed by atoms with Crippen LogP contribution in [0.3, 0.4) is 0 Å². The van der Waals surface area contributed by atoms with E-state index >= 15 is 0 Å². The maximum Gasteiger partial charge on any atom is 0.334 e. The maximum atomic E-state index is 12.2. The molecule has 0 saturated carbocycles. The molecule has 0 rings (SSSR count). The lowest BCUT2D eigenvalue weighted by atomic mass is 9.75. The van der Waals surface area contributed by atoms with Gasteiger partial charge in [-0.05, 0) is 33.1 Å². The van der Waals surface area contributed by atoms with Crippen molar-refractivity contribution in [3.05, 3.63) is 0 Å². The number of rotatable bonds is 18. The van der Waals surface area contributed by atoms with Crippen LogP contribution < -0.4 is 0 Å². The topological polar surface area (TPSA) is 97.7 Å². The Morgan fingerprint density at radius 3 is 1.60 bits per heavy atom. The zero-order valence-electron chi connectivity index (χ0n) is 19.5. The fourth-order valence-electron chi connectivity index (χ4n) is 3.81. The number of aliphatic hydroxyl groups is 1. The monoisotopic (exact) mass is 426 g/mol. The molecular weight excluding hydrogens is 384 g/mol. The third-order valence-corrected chi connectivity index (χ3v) is 5.77. The quantitative estimate of drug-likeness (QED) is 0.186. The molecule has 0 fully saturated rings. The number of hydrogen-bond acceptors (Lipinski definition) is 6. The van der Waals surface area contributed by atoms with Crippen LogP contribution >= 0.6 is 0 Å². The molecule has 0 radical (unpaired) electrons. The molecule has 0 spiro atoms. The van der Waals surface area contributed by atoms with Crippen molar-refractivity contribution in [3.63, 3.8) is 0 Å². The number of esters is 2. The summed E-state index contributed by atoms with van der Waals surface area (Å²) in [6.45, 7) is 5.65. The number of aliphatic hydroxyl groups excluding tert-OH is 1. The highest BCUT2D eigenvalue weighted by atomic mass is 16.6. The van der Waals surface area contributed by atoms with Gasteiger partial charge in [0.1, 0.15) is 0 Å². The molecule has 0 amide bonds. The Balaban J connectivity index is 4.08. The maximum absolute atomic E-state index is 12.2. The average Bonchev–Trinajstić information content (AvgIpc) is 2.65. The number of carbonyl (C=O) groups is 4. The van der Waals surface area contributed by atoms with Gasteiger partial charge in [-0.15, -0.1) is 0 Å². The second-order valence-corrected chi connectivity index (χ2v) is 8.42. The van der Waals surface area contributed by atoms with Crippen molar-refractivity contribution in [2.24, 2.45) is 5.41 Å². The molecule has 0 aliphatic carbocycles. The minimum Gasteiger partial charge on any atom is -0.393 e. The highest BCUT2D eigenvalue weighted by Crippen LogP contribution is 2.30. The van der Waals surface area contributed by atoms with Crippen molar-refractivity contribution in [2.45, 2.75) is 124 Å². The summed E-state index contributed by atoms with van der Waals surface area (Å²) in [7, 11) is 0. The van der Waals surface area contributed by atoms with Gasteiger partial charge in [0.2, 0.25) is 0 Å². The normalized spacial score (nSPS) is 12.4. The third-order valence-electron chi connectivity index (χ3n) is 5.77. The van der Waals surface area contributed by atoms with Crippen LogP contribution in [-0.4, -0.2) is 34.7 Å². The lowest BCUT2D eigenvalue weighted by molar-refractivity contribution is -0.169. The van der Waals surface area contributed by atoms with Crippen LogP contribution in [0, 0.1) is 5.41 Å². The predicted octanol–water partition coefficient (Wildman–Crippen LogP) is 5.08. The van der Waals surface area contributed by atoms with Crippen molar-refractivity contribution in [1.29, 1.82) is 0 Å². The van der Waals surface area contributed by atoms with E-state index in [9.17, 15) is 24.3 Å². The lowest BCUT2D eigenvalue weighted by Gasteiger charge is -2.25. The zero-order chi connectivity index (χ0) is 23.0. The van der Waals surface area contributed by atoms with Gasteiger partial charge in [-0.2, -0.15) is 0 Å². The molecule has 0 aliphatic rings. The van der Waals surface area contributed by atoms with Gasteiger partial charge in [0.25, 0.3) is 0 Å². The van der Waals surface area contributed by atoms with Crippen molar-refractivity contribution < 1.29 is 29.0 Å². The van der Waals surface area contributed by atoms with E-state index in [4.69, 9.17) is 0 Å². The van der Waals surface area contributed by atoms with E-state index in [0.29, 0.717) is 6.42 Å². The van der Waals surface area contributed by atoms with Gasteiger partial charge in [-0.25, -0.2) is 4.79 Å². The number of ketones is 2. The Bertz CT molecular complexity index is 526. The van der Waals surface area contributed by atoms with Crippen molar-refractivity contribution in [1.82, 2.24) is 0 Å². The van der Waals surface area contributed by atoms with Crippen LogP contribution in [0.4, 0.5) is 0 Å². The number of hydrogen-bond donors (Lipinski definition) is 1. The molecule has 0 aromatic heterocycles. The van der Waals surface area contributed by atoms with E-state index in [2.05, 4.69) is 11.7 Å². The summed E-state index contributed by atoms with van der Waals surface area (Å²) in [4.78, 5) is 47.5. The summed E-state index contributed by atoms with van der Waals surface area (Å²) in [6, 6.07) is 0. The van der Waals surface area contributed by atoms with E-state index in [1.165, 1.54) is 33.1 Å². The second kappa shape index (κ2) is 16.2. The van der Waals surface area contributed by atoms with E-state index in [1.807, 2.05) is 0 Å². The Morgan fingerprint density at radius 2 is 1.17 bits per heavy atom. The molecule has 30 heavy (non-hydrogen) atoms. The number of ether oxygens (including phenoxy) is 1. The standard InChI is InChI=1S/C24H42O6/c1-5-6-7-13-16-22(28)17-14-11-9-8-10-12-15-18-24(19(2)25,20(3)26)23(29)30-21(4)27/h22,28H,5-18H2,1-4H3.